The number of aliphatic hydroxyl groups is 1. The van der Waals surface area contributed by atoms with Gasteiger partial charge >= 0.3 is 0 Å². The van der Waals surface area contributed by atoms with Crippen LogP contribution in [0.2, 0.25) is 0 Å². The Hall–Kier alpha value is -3.86. The molecule has 1 saturated heterocycles. The van der Waals surface area contributed by atoms with E-state index in [-0.39, 0.29) is 25.2 Å². The van der Waals surface area contributed by atoms with Gasteiger partial charge in [-0.15, -0.1) is 5.10 Å². The first-order valence-electron chi connectivity index (χ1n) is 11.3. The minimum Gasteiger partial charge on any atom is -0.391 e. The first-order valence-corrected chi connectivity index (χ1v) is 11.3. The number of nitrogens with one attached hydrogen (secondary N) is 2. The Labute approximate surface area is 193 Å². The van der Waals surface area contributed by atoms with Gasteiger partial charge < -0.3 is 15.3 Å². The van der Waals surface area contributed by atoms with E-state index in [0.717, 1.165) is 11.2 Å². The molecule has 3 N–H and O–H groups in total. The van der Waals surface area contributed by atoms with Gasteiger partial charge in [0.25, 0.3) is 0 Å². The van der Waals surface area contributed by atoms with Crippen LogP contribution in [-0.2, 0) is 11.2 Å². The van der Waals surface area contributed by atoms with Gasteiger partial charge in [0.2, 0.25) is 11.9 Å². The Morgan fingerprint density at radius 2 is 2.18 bits per heavy atom. The van der Waals surface area contributed by atoms with E-state index in [9.17, 15) is 14.3 Å². The molecule has 0 amide bonds. The maximum atomic E-state index is 13.1. The summed E-state index contributed by atoms with van der Waals surface area (Å²) in [6.45, 7) is 0.235. The van der Waals surface area contributed by atoms with Gasteiger partial charge in [-0.3, -0.25) is 9.89 Å². The maximum Gasteiger partial charge on any atom is 0.246 e. The fourth-order valence-electron chi connectivity index (χ4n) is 4.43. The number of hydrogen-bond acceptors (Lipinski definition) is 8. The van der Waals surface area contributed by atoms with Crippen LogP contribution in [0.3, 0.4) is 0 Å². The second-order valence-corrected chi connectivity index (χ2v) is 8.90. The number of halogens is 1. The molecular weight excluding hydrogens is 439 g/mol. The third-order valence-corrected chi connectivity index (χ3v) is 6.32. The molecule has 4 aromatic rings. The van der Waals surface area contributed by atoms with Crippen molar-refractivity contribution in [3.8, 4) is 0 Å². The molecule has 6 rings (SSSR count). The number of fused-ring (bicyclic) bond motifs is 1. The summed E-state index contributed by atoms with van der Waals surface area (Å²) in [7, 11) is 0. The fraction of sp³-hybridized carbons (Fsp3) is 0.348. The number of aliphatic hydroxyl groups excluding tert-OH is 1. The SMILES string of the molecule is O=C(Cc1ccc(F)nc1)[C@@H]1C[C@H](O)CN1c1nc(Nc2cc(C3CC3)[nH]n2)c2cccn2n1. The van der Waals surface area contributed by atoms with Crippen LogP contribution in [0, 0.1) is 5.95 Å². The summed E-state index contributed by atoms with van der Waals surface area (Å²) in [6.07, 6.45) is 5.16. The normalized spacial score (nSPS) is 20.2. The highest BCUT2D eigenvalue weighted by Gasteiger charge is 2.38. The molecule has 0 radical (unpaired) electrons. The minimum absolute atomic E-state index is 0.0786. The van der Waals surface area contributed by atoms with Crippen LogP contribution >= 0.6 is 0 Å². The number of nitrogens with zero attached hydrogens (tertiary/aromatic N) is 6. The van der Waals surface area contributed by atoms with Gasteiger partial charge in [-0.1, -0.05) is 6.07 Å². The fourth-order valence-corrected chi connectivity index (χ4v) is 4.43. The number of aromatic nitrogens is 6. The molecule has 2 fully saturated rings. The van der Waals surface area contributed by atoms with E-state index < -0.39 is 18.1 Å². The lowest BCUT2D eigenvalue weighted by molar-refractivity contribution is -0.119. The zero-order valence-electron chi connectivity index (χ0n) is 18.2. The van der Waals surface area contributed by atoms with Gasteiger partial charge in [-0.25, -0.2) is 9.50 Å². The molecule has 0 aromatic carbocycles. The van der Waals surface area contributed by atoms with E-state index in [4.69, 9.17) is 4.98 Å². The second kappa shape index (κ2) is 8.17. The maximum absolute atomic E-state index is 13.1. The molecule has 11 heteroatoms. The monoisotopic (exact) mass is 462 g/mol. The van der Waals surface area contributed by atoms with Gasteiger partial charge in [-0.2, -0.15) is 14.5 Å². The summed E-state index contributed by atoms with van der Waals surface area (Å²) in [5, 5.41) is 25.7. The lowest BCUT2D eigenvalue weighted by Crippen LogP contribution is -2.38. The molecule has 5 heterocycles. The van der Waals surface area contributed by atoms with Crippen LogP contribution < -0.4 is 10.2 Å². The van der Waals surface area contributed by atoms with Crippen molar-refractivity contribution in [2.45, 2.75) is 43.7 Å². The molecule has 1 saturated carbocycles. The Bertz CT molecular complexity index is 1350. The molecule has 174 valence electrons. The highest BCUT2D eigenvalue weighted by Crippen LogP contribution is 2.39. The summed E-state index contributed by atoms with van der Waals surface area (Å²) >= 11 is 0. The number of ketones is 1. The number of carbonyl (C=O) groups is 1. The van der Waals surface area contributed by atoms with Crippen LogP contribution in [0.1, 0.15) is 36.4 Å². The topological polar surface area (TPSA) is 124 Å². The summed E-state index contributed by atoms with van der Waals surface area (Å²) in [4.78, 5) is 23.2. The molecule has 1 aliphatic carbocycles. The molecule has 0 unspecified atom stereocenters. The number of carbonyl (C=O) groups excluding carboxylic acids is 1. The Balaban J connectivity index is 1.29. The molecule has 4 aromatic heterocycles. The first kappa shape index (κ1) is 20.7. The molecule has 0 spiro atoms. The summed E-state index contributed by atoms with van der Waals surface area (Å²) in [6, 6.07) is 7.91. The number of Topliss-reactive ketones (excluding diaryl/α,β-unsaturated/α-hetero) is 1. The Morgan fingerprint density at radius 1 is 1.29 bits per heavy atom. The van der Waals surface area contributed by atoms with Gasteiger partial charge in [0.05, 0.1) is 12.1 Å². The third kappa shape index (κ3) is 3.98. The van der Waals surface area contributed by atoms with E-state index in [0.29, 0.717) is 29.1 Å². The quantitative estimate of drug-likeness (QED) is 0.358. The Morgan fingerprint density at radius 3 is 2.97 bits per heavy atom. The molecule has 34 heavy (non-hydrogen) atoms. The largest absolute Gasteiger partial charge is 0.391 e. The van der Waals surface area contributed by atoms with Crippen molar-refractivity contribution in [3.63, 3.8) is 0 Å². The van der Waals surface area contributed by atoms with Crippen molar-refractivity contribution in [3.05, 3.63) is 59.9 Å². The standard InChI is InChI=1S/C23H23FN8O2/c24-20-6-3-13(11-25-20)8-19(34)18-9-15(33)12-31(18)23-27-22(17-2-1-7-32(17)30-23)26-21-10-16(28-29-21)14-4-5-14/h1-3,6-7,10-11,14-15,18,33H,4-5,8-9,12H2,(H2,26,27,28,29,30)/t15-,18-/m0/s1. The molecule has 0 bridgehead atoms. The lowest BCUT2D eigenvalue weighted by Gasteiger charge is -2.24. The van der Waals surface area contributed by atoms with Crippen LogP contribution in [-0.4, -0.2) is 59.4 Å². The molecule has 2 aliphatic rings. The van der Waals surface area contributed by atoms with Crippen LogP contribution in [0.15, 0.2) is 42.7 Å². The van der Waals surface area contributed by atoms with Gasteiger partial charge in [-0.05, 0) is 36.6 Å². The first-order chi connectivity index (χ1) is 16.5. The van der Waals surface area contributed by atoms with E-state index in [2.05, 4.69) is 25.6 Å². The van der Waals surface area contributed by atoms with Crippen molar-refractivity contribution < 1.29 is 14.3 Å². The van der Waals surface area contributed by atoms with Crippen molar-refractivity contribution in [2.24, 2.45) is 0 Å². The average Bonchev–Trinajstić information content (AvgIpc) is 3.20. The smallest absolute Gasteiger partial charge is 0.246 e. The summed E-state index contributed by atoms with van der Waals surface area (Å²) in [5.41, 5.74) is 2.48. The van der Waals surface area contributed by atoms with Crippen molar-refractivity contribution in [2.75, 3.05) is 16.8 Å². The van der Waals surface area contributed by atoms with Crippen molar-refractivity contribution in [1.29, 1.82) is 0 Å². The number of anilines is 3. The van der Waals surface area contributed by atoms with Gasteiger partial charge in [0, 0.05) is 49.5 Å². The molecule has 1 aliphatic heterocycles. The van der Waals surface area contributed by atoms with E-state index in [1.54, 1.807) is 21.7 Å². The highest BCUT2D eigenvalue weighted by molar-refractivity contribution is 5.89. The predicted molar refractivity (Wildman–Crippen MR) is 121 cm³/mol. The van der Waals surface area contributed by atoms with Crippen molar-refractivity contribution >= 4 is 28.9 Å². The molecule has 2 atom stereocenters. The number of rotatable bonds is 7. The van der Waals surface area contributed by atoms with Crippen LogP contribution in [0.25, 0.3) is 5.52 Å². The second-order valence-electron chi connectivity index (χ2n) is 8.90. The number of β-amino-alcohol motifs (C(OH)–C–C–N with tert-alkyl or cyclic N) is 1. The van der Waals surface area contributed by atoms with Crippen LogP contribution in [0.4, 0.5) is 22.0 Å². The van der Waals surface area contributed by atoms with E-state index >= 15 is 0 Å². The number of H-pyrrole nitrogens is 1. The Kier molecular flexibility index (Phi) is 4.98. The average molecular weight is 462 g/mol. The van der Waals surface area contributed by atoms with E-state index in [1.165, 1.54) is 25.1 Å². The molecular formula is C23H23FN8O2. The van der Waals surface area contributed by atoms with Gasteiger partial charge in [0.1, 0.15) is 5.52 Å². The van der Waals surface area contributed by atoms with Gasteiger partial charge in [0.15, 0.2) is 17.4 Å². The highest BCUT2D eigenvalue weighted by atomic mass is 19.1. The number of hydrogen-bond donors (Lipinski definition) is 3. The number of pyridine rings is 1. The zero-order valence-corrected chi connectivity index (χ0v) is 18.2. The minimum atomic E-state index is -0.687. The van der Waals surface area contributed by atoms with E-state index in [1.807, 2.05) is 18.2 Å². The summed E-state index contributed by atoms with van der Waals surface area (Å²) in [5.74, 6) is 1.38. The predicted octanol–water partition coefficient (Wildman–Crippen LogP) is 2.36. The summed E-state index contributed by atoms with van der Waals surface area (Å²) < 4.78 is 14.8. The lowest BCUT2D eigenvalue weighted by atomic mass is 10.0. The number of aromatic amines is 1. The van der Waals surface area contributed by atoms with Crippen LogP contribution in [0.5, 0.6) is 0 Å². The zero-order chi connectivity index (χ0) is 23.2. The van der Waals surface area contributed by atoms with Crippen molar-refractivity contribution in [1.82, 2.24) is 29.8 Å². The molecule has 10 nitrogen and oxygen atoms in total. The third-order valence-electron chi connectivity index (χ3n) is 6.32.